The maximum atomic E-state index is 12.1. The molecule has 0 spiro atoms. The van der Waals surface area contributed by atoms with E-state index < -0.39 is 17.7 Å². The zero-order valence-corrected chi connectivity index (χ0v) is 10.8. The zero-order chi connectivity index (χ0) is 15.5. The van der Waals surface area contributed by atoms with Gasteiger partial charge in [-0.2, -0.15) is 13.2 Å². The molecule has 0 aliphatic rings. The summed E-state index contributed by atoms with van der Waals surface area (Å²) < 4.78 is 36.3. The normalized spacial score (nSPS) is 12.2. The highest BCUT2D eigenvalue weighted by molar-refractivity contribution is 5.99. The molecule has 2 nitrogen and oxygen atoms in total. The molecule has 0 heterocycles. The summed E-state index contributed by atoms with van der Waals surface area (Å²) >= 11 is 0. The maximum absolute atomic E-state index is 12.1. The molecule has 0 amide bonds. The van der Waals surface area contributed by atoms with Crippen molar-refractivity contribution < 1.29 is 23.1 Å². The number of hydrogen-bond donors (Lipinski definition) is 1. The highest BCUT2D eigenvalue weighted by Crippen LogP contribution is 2.23. The summed E-state index contributed by atoms with van der Waals surface area (Å²) in [5.74, 6) is -2.80. The third kappa shape index (κ3) is 3.72. The van der Waals surface area contributed by atoms with E-state index in [0.717, 1.165) is 11.1 Å². The van der Waals surface area contributed by atoms with Crippen LogP contribution in [0.15, 0.2) is 60.7 Å². The predicted molar refractivity (Wildman–Crippen MR) is 73.5 cm³/mol. The molecule has 0 aliphatic carbocycles. The summed E-state index contributed by atoms with van der Waals surface area (Å²) in [4.78, 5) is 10.8. The summed E-state index contributed by atoms with van der Waals surface area (Å²) in [7, 11) is 0. The SMILES string of the molecule is O=C(C=C(O)c1ccc(-c2ccccc2)cc1)C(F)(F)F. The van der Waals surface area contributed by atoms with Gasteiger partial charge in [-0.25, -0.2) is 0 Å². The van der Waals surface area contributed by atoms with Gasteiger partial charge in [0.2, 0.25) is 0 Å². The van der Waals surface area contributed by atoms with Crippen molar-refractivity contribution in [3.8, 4) is 11.1 Å². The molecule has 0 bridgehead atoms. The molecule has 2 aromatic carbocycles. The van der Waals surface area contributed by atoms with Crippen molar-refractivity contribution in [3.05, 3.63) is 66.2 Å². The molecule has 0 aromatic heterocycles. The topological polar surface area (TPSA) is 37.3 Å². The lowest BCUT2D eigenvalue weighted by molar-refractivity contribution is -0.165. The van der Waals surface area contributed by atoms with E-state index in [-0.39, 0.29) is 11.6 Å². The minimum atomic E-state index is -4.99. The van der Waals surface area contributed by atoms with E-state index in [2.05, 4.69) is 0 Å². The van der Waals surface area contributed by atoms with Crippen LogP contribution in [0.25, 0.3) is 16.9 Å². The Bertz CT molecular complexity index is 656. The van der Waals surface area contributed by atoms with Crippen LogP contribution in [0, 0.1) is 0 Å². The summed E-state index contributed by atoms with van der Waals surface area (Å²) in [5.41, 5.74) is 1.94. The minimum absolute atomic E-state index is 0.146. The number of alkyl halides is 3. The Morgan fingerprint density at radius 1 is 0.905 bits per heavy atom. The molecule has 0 saturated carbocycles. The van der Waals surface area contributed by atoms with Gasteiger partial charge in [-0.3, -0.25) is 4.79 Å². The Balaban J connectivity index is 2.23. The van der Waals surface area contributed by atoms with Crippen molar-refractivity contribution in [2.45, 2.75) is 6.18 Å². The molecular weight excluding hydrogens is 281 g/mol. The molecule has 0 atom stereocenters. The van der Waals surface area contributed by atoms with Crippen molar-refractivity contribution >= 4 is 11.5 Å². The van der Waals surface area contributed by atoms with Crippen molar-refractivity contribution in [1.29, 1.82) is 0 Å². The lowest BCUT2D eigenvalue weighted by Crippen LogP contribution is -2.20. The van der Waals surface area contributed by atoms with Crippen LogP contribution >= 0.6 is 0 Å². The fourth-order valence-electron chi connectivity index (χ4n) is 1.75. The van der Waals surface area contributed by atoms with E-state index in [1.807, 2.05) is 30.3 Å². The first kappa shape index (κ1) is 14.8. The van der Waals surface area contributed by atoms with Gasteiger partial charge in [-0.1, -0.05) is 54.6 Å². The third-order valence-electron chi connectivity index (χ3n) is 2.83. The number of ketones is 1. The number of aliphatic hydroxyl groups excluding tert-OH is 1. The number of aliphatic hydroxyl groups is 1. The predicted octanol–water partition coefficient (Wildman–Crippen LogP) is 4.38. The van der Waals surface area contributed by atoms with Crippen molar-refractivity contribution in [1.82, 2.24) is 0 Å². The van der Waals surface area contributed by atoms with Crippen LogP contribution < -0.4 is 0 Å². The monoisotopic (exact) mass is 292 g/mol. The summed E-state index contributed by atoms with van der Waals surface area (Å²) in [5, 5.41) is 9.56. The first-order valence-electron chi connectivity index (χ1n) is 6.05. The second-order valence-electron chi connectivity index (χ2n) is 4.33. The molecule has 0 radical (unpaired) electrons. The molecule has 2 rings (SSSR count). The standard InChI is InChI=1S/C16H11F3O2/c17-16(18,19)15(21)10-14(20)13-8-6-12(7-9-13)11-4-2-1-3-5-11/h1-10,20H. The largest absolute Gasteiger partial charge is 0.507 e. The van der Waals surface area contributed by atoms with Crippen molar-refractivity contribution in [3.63, 3.8) is 0 Å². The van der Waals surface area contributed by atoms with E-state index in [4.69, 9.17) is 0 Å². The molecule has 21 heavy (non-hydrogen) atoms. The van der Waals surface area contributed by atoms with E-state index in [9.17, 15) is 23.1 Å². The molecule has 0 fully saturated rings. The maximum Gasteiger partial charge on any atom is 0.454 e. The molecule has 108 valence electrons. The summed E-state index contributed by atoms with van der Waals surface area (Å²) in [6, 6.07) is 15.6. The minimum Gasteiger partial charge on any atom is -0.507 e. The van der Waals surface area contributed by atoms with Gasteiger partial charge in [0.1, 0.15) is 5.76 Å². The number of carbonyl (C=O) groups excluding carboxylic acids is 1. The van der Waals surface area contributed by atoms with Crippen LogP contribution in [-0.4, -0.2) is 17.1 Å². The molecule has 0 unspecified atom stereocenters. The number of hydrogen-bond acceptors (Lipinski definition) is 2. The van der Waals surface area contributed by atoms with Crippen LogP contribution in [0.5, 0.6) is 0 Å². The van der Waals surface area contributed by atoms with Gasteiger partial charge in [0.15, 0.2) is 0 Å². The number of allylic oxidation sites excluding steroid dienone is 1. The van der Waals surface area contributed by atoms with Gasteiger partial charge in [0.25, 0.3) is 5.78 Å². The molecular formula is C16H11F3O2. The first-order valence-corrected chi connectivity index (χ1v) is 6.05. The van der Waals surface area contributed by atoms with E-state index >= 15 is 0 Å². The van der Waals surface area contributed by atoms with Gasteiger partial charge < -0.3 is 5.11 Å². The molecule has 5 heteroatoms. The van der Waals surface area contributed by atoms with Gasteiger partial charge in [-0.15, -0.1) is 0 Å². The molecule has 0 saturated heterocycles. The quantitative estimate of drug-likeness (QED) is 0.673. The Labute approximate surface area is 119 Å². The fourth-order valence-corrected chi connectivity index (χ4v) is 1.75. The lowest BCUT2D eigenvalue weighted by atomic mass is 10.0. The Kier molecular flexibility index (Phi) is 4.12. The van der Waals surface area contributed by atoms with Crippen LogP contribution in [-0.2, 0) is 4.79 Å². The van der Waals surface area contributed by atoms with Gasteiger partial charge >= 0.3 is 6.18 Å². The summed E-state index contributed by atoms with van der Waals surface area (Å²) in [6.07, 6.45) is -4.81. The lowest BCUT2D eigenvalue weighted by Gasteiger charge is -2.05. The second-order valence-corrected chi connectivity index (χ2v) is 4.33. The average Bonchev–Trinajstić information content (AvgIpc) is 2.47. The van der Waals surface area contributed by atoms with Crippen LogP contribution in [0.1, 0.15) is 5.56 Å². The Hall–Kier alpha value is -2.56. The average molecular weight is 292 g/mol. The number of carbonyl (C=O) groups is 1. The Morgan fingerprint density at radius 3 is 1.95 bits per heavy atom. The van der Waals surface area contributed by atoms with E-state index in [1.54, 1.807) is 12.1 Å². The van der Waals surface area contributed by atoms with E-state index in [0.29, 0.717) is 0 Å². The Morgan fingerprint density at radius 2 is 1.43 bits per heavy atom. The van der Waals surface area contributed by atoms with Crippen molar-refractivity contribution in [2.75, 3.05) is 0 Å². The number of halogens is 3. The van der Waals surface area contributed by atoms with Crippen LogP contribution in [0.3, 0.4) is 0 Å². The van der Waals surface area contributed by atoms with Crippen LogP contribution in [0.2, 0.25) is 0 Å². The van der Waals surface area contributed by atoms with Crippen LogP contribution in [0.4, 0.5) is 13.2 Å². The smallest absolute Gasteiger partial charge is 0.454 e. The number of benzene rings is 2. The molecule has 2 aromatic rings. The molecule has 0 aliphatic heterocycles. The fraction of sp³-hybridized carbons (Fsp3) is 0.0625. The highest BCUT2D eigenvalue weighted by Gasteiger charge is 2.36. The second kappa shape index (κ2) is 5.83. The molecule has 1 N–H and O–H groups in total. The van der Waals surface area contributed by atoms with Gasteiger partial charge in [0.05, 0.1) is 0 Å². The van der Waals surface area contributed by atoms with Gasteiger partial charge in [0, 0.05) is 11.6 Å². The van der Waals surface area contributed by atoms with E-state index in [1.165, 1.54) is 12.1 Å². The number of rotatable bonds is 3. The van der Waals surface area contributed by atoms with Crippen molar-refractivity contribution in [2.24, 2.45) is 0 Å². The van der Waals surface area contributed by atoms with Gasteiger partial charge in [-0.05, 0) is 11.1 Å². The zero-order valence-electron chi connectivity index (χ0n) is 10.8. The first-order chi connectivity index (χ1) is 9.88. The summed E-state index contributed by atoms with van der Waals surface area (Å²) in [6.45, 7) is 0. The highest BCUT2D eigenvalue weighted by atomic mass is 19.4. The third-order valence-corrected chi connectivity index (χ3v) is 2.83.